The summed E-state index contributed by atoms with van der Waals surface area (Å²) < 4.78 is 7.23. The van der Waals surface area contributed by atoms with Crippen molar-refractivity contribution in [2.24, 2.45) is 7.05 Å². The van der Waals surface area contributed by atoms with Gasteiger partial charge < -0.3 is 14.6 Å². The molecule has 0 unspecified atom stereocenters. The van der Waals surface area contributed by atoms with Gasteiger partial charge in [0.1, 0.15) is 5.75 Å². The van der Waals surface area contributed by atoms with E-state index in [9.17, 15) is 9.59 Å². The normalized spacial score (nSPS) is 10.5. The van der Waals surface area contributed by atoms with Gasteiger partial charge in [-0.15, -0.1) is 10.2 Å². The number of methoxy groups -OCH3 is 1. The Morgan fingerprint density at radius 3 is 2.50 bits per heavy atom. The Balaban J connectivity index is 1.69. The maximum Gasteiger partial charge on any atom is 0.221 e. The molecule has 1 N–H and O–H groups in total. The van der Waals surface area contributed by atoms with E-state index in [1.165, 1.54) is 18.7 Å². The lowest BCUT2D eigenvalue weighted by molar-refractivity contribution is -0.114. The first-order chi connectivity index (χ1) is 13.5. The van der Waals surface area contributed by atoms with Crippen LogP contribution in [0.25, 0.3) is 11.4 Å². The predicted octanol–water partition coefficient (Wildman–Crippen LogP) is 3.42. The van der Waals surface area contributed by atoms with Gasteiger partial charge in [0.05, 0.1) is 18.4 Å². The first-order valence-electron chi connectivity index (χ1n) is 8.56. The lowest BCUT2D eigenvalue weighted by Gasteiger charge is -2.08. The number of anilines is 1. The van der Waals surface area contributed by atoms with Crippen LogP contribution in [0.3, 0.4) is 0 Å². The number of hydrogen-bond acceptors (Lipinski definition) is 6. The third-order valence-corrected chi connectivity index (χ3v) is 5.06. The first kappa shape index (κ1) is 19.6. The molecule has 7 nitrogen and oxygen atoms in total. The second-order valence-electron chi connectivity index (χ2n) is 6.04. The number of aromatic nitrogens is 3. The van der Waals surface area contributed by atoms with Gasteiger partial charge in [0, 0.05) is 25.2 Å². The molecule has 3 rings (SSSR count). The summed E-state index contributed by atoms with van der Waals surface area (Å²) in [5.41, 5.74) is 2.08. The molecule has 8 heteroatoms. The van der Waals surface area contributed by atoms with Crippen LogP contribution < -0.4 is 10.1 Å². The van der Waals surface area contributed by atoms with Gasteiger partial charge in [-0.1, -0.05) is 23.9 Å². The van der Waals surface area contributed by atoms with Crippen molar-refractivity contribution in [3.63, 3.8) is 0 Å². The van der Waals surface area contributed by atoms with Crippen molar-refractivity contribution in [2.45, 2.75) is 12.1 Å². The van der Waals surface area contributed by atoms with E-state index in [2.05, 4.69) is 15.5 Å². The van der Waals surface area contributed by atoms with Gasteiger partial charge in [-0.05, 0) is 36.4 Å². The molecule has 28 heavy (non-hydrogen) atoms. The Kier molecular flexibility index (Phi) is 6.10. The summed E-state index contributed by atoms with van der Waals surface area (Å²) in [5.74, 6) is 1.44. The lowest BCUT2D eigenvalue weighted by Crippen LogP contribution is -2.07. The number of nitrogens with zero attached hydrogens (tertiary/aromatic N) is 3. The number of carbonyl (C=O) groups excluding carboxylic acids is 2. The molecular weight excluding hydrogens is 376 g/mol. The highest BCUT2D eigenvalue weighted by Crippen LogP contribution is 2.30. The van der Waals surface area contributed by atoms with Crippen molar-refractivity contribution < 1.29 is 14.3 Å². The van der Waals surface area contributed by atoms with Crippen molar-refractivity contribution in [3.05, 3.63) is 54.1 Å². The highest BCUT2D eigenvalue weighted by Gasteiger charge is 2.16. The van der Waals surface area contributed by atoms with Crippen LogP contribution in [0.4, 0.5) is 5.69 Å². The van der Waals surface area contributed by atoms with Gasteiger partial charge >= 0.3 is 0 Å². The zero-order valence-electron chi connectivity index (χ0n) is 15.8. The van der Waals surface area contributed by atoms with Crippen molar-refractivity contribution >= 4 is 29.1 Å². The molecule has 0 aliphatic carbocycles. The van der Waals surface area contributed by atoms with Gasteiger partial charge in [0.25, 0.3) is 0 Å². The summed E-state index contributed by atoms with van der Waals surface area (Å²) in [6.45, 7) is 1.44. The van der Waals surface area contributed by atoms with Crippen LogP contribution in [0.5, 0.6) is 5.75 Å². The zero-order chi connectivity index (χ0) is 20.1. The topological polar surface area (TPSA) is 86.1 Å². The predicted molar refractivity (Wildman–Crippen MR) is 109 cm³/mol. The molecule has 0 aliphatic heterocycles. The Bertz CT molecular complexity index is 999. The summed E-state index contributed by atoms with van der Waals surface area (Å²) in [7, 11) is 3.47. The fraction of sp³-hybridized carbons (Fsp3) is 0.200. The molecule has 3 aromatic rings. The number of Topliss-reactive ketones (excluding diaryl/α,β-unsaturated/α-hetero) is 1. The van der Waals surface area contributed by atoms with Crippen LogP contribution in [-0.2, 0) is 11.8 Å². The zero-order valence-corrected chi connectivity index (χ0v) is 16.6. The van der Waals surface area contributed by atoms with Gasteiger partial charge in [-0.25, -0.2) is 0 Å². The number of para-hydroxylation sites is 1. The van der Waals surface area contributed by atoms with Crippen molar-refractivity contribution in [1.29, 1.82) is 0 Å². The van der Waals surface area contributed by atoms with Gasteiger partial charge in [-0.2, -0.15) is 0 Å². The minimum atomic E-state index is -0.150. The van der Waals surface area contributed by atoms with Crippen molar-refractivity contribution in [1.82, 2.24) is 14.8 Å². The fourth-order valence-electron chi connectivity index (χ4n) is 2.66. The lowest BCUT2D eigenvalue weighted by atomic mass is 10.1. The average Bonchev–Trinajstić information content (AvgIpc) is 3.06. The molecule has 1 heterocycles. The molecule has 0 bridgehead atoms. The van der Waals surface area contributed by atoms with E-state index in [-0.39, 0.29) is 17.4 Å². The molecule has 0 saturated heterocycles. The van der Waals surface area contributed by atoms with E-state index in [4.69, 9.17) is 4.74 Å². The Morgan fingerprint density at radius 2 is 1.82 bits per heavy atom. The van der Waals surface area contributed by atoms with E-state index in [0.29, 0.717) is 28.0 Å². The van der Waals surface area contributed by atoms with E-state index < -0.39 is 0 Å². The van der Waals surface area contributed by atoms with Crippen LogP contribution >= 0.6 is 11.8 Å². The molecule has 0 radical (unpaired) electrons. The van der Waals surface area contributed by atoms with E-state index in [0.717, 1.165) is 5.56 Å². The highest BCUT2D eigenvalue weighted by atomic mass is 32.2. The minimum Gasteiger partial charge on any atom is -0.496 e. The number of ketones is 1. The first-order valence-corrected chi connectivity index (χ1v) is 9.54. The summed E-state index contributed by atoms with van der Waals surface area (Å²) in [5, 5.41) is 11.8. The maximum absolute atomic E-state index is 12.5. The fourth-order valence-corrected chi connectivity index (χ4v) is 3.47. The number of carbonyl (C=O) groups is 2. The minimum absolute atomic E-state index is 0.0267. The summed E-state index contributed by atoms with van der Waals surface area (Å²) in [4.78, 5) is 23.5. The van der Waals surface area contributed by atoms with Crippen LogP contribution in [0, 0.1) is 0 Å². The van der Waals surface area contributed by atoms with Crippen molar-refractivity contribution in [2.75, 3.05) is 18.2 Å². The van der Waals surface area contributed by atoms with Crippen molar-refractivity contribution in [3.8, 4) is 17.1 Å². The SMILES string of the molecule is COc1ccccc1-c1nnc(SCC(=O)c2ccc(NC(C)=O)cc2)n1C. The molecule has 0 atom stereocenters. The number of nitrogens with one attached hydrogen (secondary N) is 1. The number of thioether (sulfide) groups is 1. The standard InChI is InChI=1S/C20H20N4O3S/c1-13(25)21-15-10-8-14(9-11-15)17(26)12-28-20-23-22-19(24(20)2)16-6-4-5-7-18(16)27-3/h4-11H,12H2,1-3H3,(H,21,25). The third-order valence-electron chi connectivity index (χ3n) is 4.04. The molecule has 0 saturated carbocycles. The third kappa shape index (κ3) is 4.40. The molecule has 1 aromatic heterocycles. The number of amides is 1. The molecule has 144 valence electrons. The van der Waals surface area contributed by atoms with Gasteiger partial charge in [0.15, 0.2) is 16.8 Å². The van der Waals surface area contributed by atoms with Crippen LogP contribution in [0.2, 0.25) is 0 Å². The second kappa shape index (κ2) is 8.71. The summed E-state index contributed by atoms with van der Waals surface area (Å²) >= 11 is 1.32. The largest absolute Gasteiger partial charge is 0.496 e. The van der Waals surface area contributed by atoms with Gasteiger partial charge in [0.2, 0.25) is 5.91 Å². The Hall–Kier alpha value is -3.13. The Morgan fingerprint density at radius 1 is 1.11 bits per heavy atom. The van der Waals surface area contributed by atoms with E-state index in [1.54, 1.807) is 31.4 Å². The highest BCUT2D eigenvalue weighted by molar-refractivity contribution is 7.99. The monoisotopic (exact) mass is 396 g/mol. The second-order valence-corrected chi connectivity index (χ2v) is 6.98. The number of benzene rings is 2. The smallest absolute Gasteiger partial charge is 0.221 e. The van der Waals surface area contributed by atoms with Gasteiger partial charge in [-0.3, -0.25) is 9.59 Å². The average molecular weight is 396 g/mol. The maximum atomic E-state index is 12.5. The van der Waals surface area contributed by atoms with Crippen LogP contribution in [-0.4, -0.2) is 39.3 Å². The quantitative estimate of drug-likeness (QED) is 0.486. The molecule has 2 aromatic carbocycles. The van der Waals surface area contributed by atoms with E-state index in [1.807, 2.05) is 35.9 Å². The molecular formula is C20H20N4O3S. The van der Waals surface area contributed by atoms with Crippen LogP contribution in [0.15, 0.2) is 53.7 Å². The summed E-state index contributed by atoms with van der Waals surface area (Å²) in [6.07, 6.45) is 0. The molecule has 1 amide bonds. The molecule has 0 aliphatic rings. The molecule has 0 spiro atoms. The summed E-state index contributed by atoms with van der Waals surface area (Å²) in [6, 6.07) is 14.4. The molecule has 0 fully saturated rings. The number of rotatable bonds is 7. The number of hydrogen-bond donors (Lipinski definition) is 1. The van der Waals surface area contributed by atoms with E-state index >= 15 is 0 Å². The Labute approximate surface area is 167 Å². The van der Waals surface area contributed by atoms with Crippen LogP contribution in [0.1, 0.15) is 17.3 Å². The number of ether oxygens (including phenoxy) is 1.